The molecule has 7 atom stereocenters. The van der Waals surface area contributed by atoms with Crippen molar-refractivity contribution in [2.24, 2.45) is 40.4 Å². The molecule has 4 aliphatic rings. The first-order valence-corrected chi connectivity index (χ1v) is 16.6. The molecule has 0 bridgehead atoms. The Labute approximate surface area is 240 Å². The van der Waals surface area contributed by atoms with Gasteiger partial charge in [-0.3, -0.25) is 4.79 Å². The Morgan fingerprint density at radius 2 is 1.82 bits per heavy atom. The Morgan fingerprint density at radius 3 is 2.54 bits per heavy atom. The van der Waals surface area contributed by atoms with E-state index in [1.54, 1.807) is 5.57 Å². The predicted octanol–water partition coefficient (Wildman–Crippen LogP) is 8.49. The maximum absolute atomic E-state index is 12.6. The minimum absolute atomic E-state index is 0.0371. The highest BCUT2D eigenvalue weighted by molar-refractivity contribution is 5.78. The van der Waals surface area contributed by atoms with Gasteiger partial charge in [0.1, 0.15) is 6.61 Å². The highest BCUT2D eigenvalue weighted by Crippen LogP contribution is 2.66. The van der Waals surface area contributed by atoms with E-state index in [1.807, 2.05) is 27.7 Å². The van der Waals surface area contributed by atoms with Crippen molar-refractivity contribution in [1.82, 2.24) is 5.32 Å². The molecule has 7 unspecified atom stereocenters. The SMILES string of the molecule is CC(C)CCCCC1CCC2C3CC=C4CC(OCC(=O)NC(C)(C)COC(C)C)CCC4(C)C3CCC12C. The number of nitrogens with one attached hydrogen (secondary N) is 1. The maximum atomic E-state index is 12.6. The summed E-state index contributed by atoms with van der Waals surface area (Å²) < 4.78 is 11.9. The molecule has 3 saturated carbocycles. The number of carbonyl (C=O) groups is 1. The van der Waals surface area contributed by atoms with Gasteiger partial charge in [-0.2, -0.15) is 0 Å². The fraction of sp³-hybridized carbons (Fsp3) is 0.914. The Balaban J connectivity index is 1.30. The average molecular weight is 544 g/mol. The van der Waals surface area contributed by atoms with Gasteiger partial charge in [-0.25, -0.2) is 0 Å². The second-order valence-electron chi connectivity index (χ2n) is 15.7. The summed E-state index contributed by atoms with van der Waals surface area (Å²) in [6.45, 7) is 18.7. The summed E-state index contributed by atoms with van der Waals surface area (Å²) >= 11 is 0. The Kier molecular flexibility index (Phi) is 10.0. The van der Waals surface area contributed by atoms with Crippen LogP contribution in [0.1, 0.15) is 132 Å². The van der Waals surface area contributed by atoms with Crippen molar-refractivity contribution in [2.75, 3.05) is 13.2 Å². The molecule has 39 heavy (non-hydrogen) atoms. The molecule has 3 fully saturated rings. The number of hydrogen-bond acceptors (Lipinski definition) is 3. The van der Waals surface area contributed by atoms with Crippen LogP contribution in [0, 0.1) is 40.4 Å². The summed E-state index contributed by atoms with van der Waals surface area (Å²) in [6, 6.07) is 0. The average Bonchev–Trinajstić information content (AvgIpc) is 3.20. The first-order chi connectivity index (χ1) is 18.3. The number of ether oxygens (including phenoxy) is 2. The van der Waals surface area contributed by atoms with E-state index in [0.29, 0.717) is 17.4 Å². The van der Waals surface area contributed by atoms with E-state index in [1.165, 1.54) is 64.2 Å². The molecule has 4 rings (SSSR count). The summed E-state index contributed by atoms with van der Waals surface area (Å²) in [7, 11) is 0. The molecule has 224 valence electrons. The lowest BCUT2D eigenvalue weighted by molar-refractivity contribution is -0.131. The van der Waals surface area contributed by atoms with Crippen LogP contribution in [0.5, 0.6) is 0 Å². The van der Waals surface area contributed by atoms with Crippen LogP contribution in [0.4, 0.5) is 0 Å². The van der Waals surface area contributed by atoms with Gasteiger partial charge in [-0.1, -0.05) is 58.6 Å². The molecule has 4 aliphatic carbocycles. The van der Waals surface area contributed by atoms with Crippen LogP contribution in [-0.4, -0.2) is 36.9 Å². The fourth-order valence-corrected chi connectivity index (χ4v) is 9.31. The first kappa shape index (κ1) is 31.1. The number of hydrogen-bond donors (Lipinski definition) is 1. The van der Waals surface area contributed by atoms with Gasteiger partial charge in [0.25, 0.3) is 0 Å². The zero-order valence-electron chi connectivity index (χ0n) is 26.7. The third-order valence-electron chi connectivity index (χ3n) is 11.5. The number of unbranched alkanes of at least 4 members (excludes halogenated alkanes) is 1. The van der Waals surface area contributed by atoms with E-state index >= 15 is 0 Å². The molecule has 1 N–H and O–H groups in total. The van der Waals surface area contributed by atoms with Gasteiger partial charge in [-0.15, -0.1) is 0 Å². The second-order valence-corrected chi connectivity index (χ2v) is 15.7. The predicted molar refractivity (Wildman–Crippen MR) is 162 cm³/mol. The van der Waals surface area contributed by atoms with E-state index < -0.39 is 0 Å². The summed E-state index contributed by atoms with van der Waals surface area (Å²) in [6.07, 6.45) is 19.0. The Hall–Kier alpha value is -0.870. The van der Waals surface area contributed by atoms with Crippen LogP contribution in [0.2, 0.25) is 0 Å². The molecule has 0 aliphatic heterocycles. The lowest BCUT2D eigenvalue weighted by atomic mass is 9.47. The normalized spacial score (nSPS) is 36.4. The van der Waals surface area contributed by atoms with Gasteiger partial charge in [-0.05, 0) is 126 Å². The van der Waals surface area contributed by atoms with Crippen molar-refractivity contribution in [3.8, 4) is 0 Å². The minimum Gasteiger partial charge on any atom is -0.376 e. The van der Waals surface area contributed by atoms with Gasteiger partial charge in [0.15, 0.2) is 0 Å². The van der Waals surface area contributed by atoms with Crippen LogP contribution < -0.4 is 5.32 Å². The topological polar surface area (TPSA) is 47.6 Å². The molecule has 0 aromatic carbocycles. The van der Waals surface area contributed by atoms with Crippen molar-refractivity contribution in [3.05, 3.63) is 11.6 Å². The molecule has 1 amide bonds. The second kappa shape index (κ2) is 12.6. The molecule has 0 aromatic heterocycles. The summed E-state index contributed by atoms with van der Waals surface area (Å²) in [5, 5.41) is 3.10. The van der Waals surface area contributed by atoms with E-state index in [0.717, 1.165) is 42.4 Å². The molecule has 0 radical (unpaired) electrons. The number of allylic oxidation sites excluding steroid dienone is 1. The van der Waals surface area contributed by atoms with Gasteiger partial charge in [0.05, 0.1) is 24.4 Å². The number of carbonyl (C=O) groups excluding carboxylic acids is 1. The van der Waals surface area contributed by atoms with Crippen molar-refractivity contribution in [3.63, 3.8) is 0 Å². The first-order valence-electron chi connectivity index (χ1n) is 16.6. The van der Waals surface area contributed by atoms with Crippen molar-refractivity contribution in [2.45, 2.75) is 150 Å². The highest BCUT2D eigenvalue weighted by Gasteiger charge is 2.58. The van der Waals surface area contributed by atoms with Crippen molar-refractivity contribution < 1.29 is 14.3 Å². The van der Waals surface area contributed by atoms with Crippen LogP contribution in [0.3, 0.4) is 0 Å². The quantitative estimate of drug-likeness (QED) is 0.198. The summed E-state index contributed by atoms with van der Waals surface area (Å²) in [4.78, 5) is 12.6. The molecule has 4 heteroatoms. The fourth-order valence-electron chi connectivity index (χ4n) is 9.31. The maximum Gasteiger partial charge on any atom is 0.246 e. The van der Waals surface area contributed by atoms with Crippen LogP contribution in [-0.2, 0) is 14.3 Å². The third kappa shape index (κ3) is 7.14. The van der Waals surface area contributed by atoms with E-state index in [2.05, 4.69) is 39.1 Å². The van der Waals surface area contributed by atoms with Crippen molar-refractivity contribution >= 4 is 5.91 Å². The molecule has 0 heterocycles. The lowest BCUT2D eigenvalue weighted by Gasteiger charge is -2.58. The standard InChI is InChI=1S/C35H61NO3/c1-24(2)11-9-10-12-26-14-16-30-29-15-13-27-21-28(17-19-35(27,8)31(29)18-20-34(26,30)7)38-22-32(37)36-33(5,6)23-39-25(3)4/h13,24-26,28-31H,9-12,14-23H2,1-8H3,(H,36,37). The van der Waals surface area contributed by atoms with E-state index in [4.69, 9.17) is 9.47 Å². The van der Waals surface area contributed by atoms with Crippen LogP contribution >= 0.6 is 0 Å². The number of fused-ring (bicyclic) bond motifs is 5. The monoisotopic (exact) mass is 543 g/mol. The Morgan fingerprint density at radius 1 is 1.05 bits per heavy atom. The minimum atomic E-state index is -0.389. The number of amides is 1. The lowest BCUT2D eigenvalue weighted by Crippen LogP contribution is -2.51. The zero-order chi connectivity index (χ0) is 28.4. The smallest absolute Gasteiger partial charge is 0.246 e. The molecule has 0 saturated heterocycles. The number of rotatable bonds is 12. The molecular formula is C35H61NO3. The molecule has 4 nitrogen and oxygen atoms in total. The van der Waals surface area contributed by atoms with Gasteiger partial charge in [0.2, 0.25) is 5.91 Å². The van der Waals surface area contributed by atoms with Crippen LogP contribution in [0.15, 0.2) is 11.6 Å². The molecule has 0 spiro atoms. The third-order valence-corrected chi connectivity index (χ3v) is 11.5. The zero-order valence-corrected chi connectivity index (χ0v) is 26.7. The van der Waals surface area contributed by atoms with E-state index in [-0.39, 0.29) is 30.3 Å². The summed E-state index contributed by atoms with van der Waals surface area (Å²) in [5.41, 5.74) is 2.15. The van der Waals surface area contributed by atoms with E-state index in [9.17, 15) is 4.79 Å². The molecular weight excluding hydrogens is 482 g/mol. The van der Waals surface area contributed by atoms with Gasteiger partial charge >= 0.3 is 0 Å². The van der Waals surface area contributed by atoms with Crippen LogP contribution in [0.25, 0.3) is 0 Å². The van der Waals surface area contributed by atoms with Gasteiger partial charge < -0.3 is 14.8 Å². The summed E-state index contributed by atoms with van der Waals surface area (Å²) in [5.74, 6) is 4.38. The highest BCUT2D eigenvalue weighted by atomic mass is 16.5. The van der Waals surface area contributed by atoms with Crippen molar-refractivity contribution in [1.29, 1.82) is 0 Å². The largest absolute Gasteiger partial charge is 0.376 e. The molecule has 0 aromatic rings. The Bertz CT molecular complexity index is 862. The van der Waals surface area contributed by atoms with Gasteiger partial charge in [0, 0.05) is 0 Å².